The second-order valence-electron chi connectivity index (χ2n) is 7.10. The largest absolute Gasteiger partial charge is 0.457 e. The number of fused-ring (bicyclic) bond motifs is 1. The lowest BCUT2D eigenvalue weighted by Crippen LogP contribution is -2.15. The number of ether oxygens (including phenoxy) is 1. The number of aromatic amines is 1. The molecule has 2 heterocycles. The molecule has 1 aliphatic heterocycles. The topological polar surface area (TPSA) is 67.3 Å². The van der Waals surface area contributed by atoms with E-state index in [1.807, 2.05) is 84.9 Å². The Morgan fingerprint density at radius 3 is 2.60 bits per heavy atom. The minimum absolute atomic E-state index is 0.0167. The number of nitrogens with one attached hydrogen (secondary N) is 1. The number of Topliss-reactive ketones (excluding diaryl/α,β-unsaturated/α-hetero) is 1. The van der Waals surface area contributed by atoms with Gasteiger partial charge in [-0.3, -0.25) is 4.79 Å². The molecule has 0 atom stereocenters. The van der Waals surface area contributed by atoms with Crippen LogP contribution in [0, 0.1) is 0 Å². The van der Waals surface area contributed by atoms with Crippen molar-refractivity contribution in [2.24, 2.45) is 4.99 Å². The summed E-state index contributed by atoms with van der Waals surface area (Å²) < 4.78 is 5.91. The second kappa shape index (κ2) is 7.79. The van der Waals surface area contributed by atoms with Gasteiger partial charge in [0.25, 0.3) is 0 Å². The molecule has 4 aromatic rings. The minimum atomic E-state index is -0.0167. The van der Waals surface area contributed by atoms with Crippen molar-refractivity contribution in [3.63, 3.8) is 0 Å². The molecular formula is C25H19N3O2. The molecule has 0 saturated carbocycles. The van der Waals surface area contributed by atoms with Gasteiger partial charge in [0, 0.05) is 12.0 Å². The van der Waals surface area contributed by atoms with Crippen LogP contribution in [0.4, 0.5) is 0 Å². The van der Waals surface area contributed by atoms with Crippen molar-refractivity contribution < 1.29 is 9.53 Å². The fraction of sp³-hybridized carbons (Fsp3) is 0.0800. The second-order valence-corrected chi connectivity index (χ2v) is 7.10. The highest BCUT2D eigenvalue weighted by atomic mass is 16.5. The van der Waals surface area contributed by atoms with Crippen LogP contribution in [0.3, 0.4) is 0 Å². The van der Waals surface area contributed by atoms with Crippen LogP contribution in [0.2, 0.25) is 0 Å². The number of aliphatic imine (C=N–C) groups is 1. The number of allylic oxidation sites excluding steroid dienone is 1. The zero-order chi connectivity index (χ0) is 20.3. The molecule has 5 nitrogen and oxygen atoms in total. The molecule has 146 valence electrons. The maximum Gasteiger partial charge on any atom is 0.184 e. The summed E-state index contributed by atoms with van der Waals surface area (Å²) in [5, 5.41) is 0. The summed E-state index contributed by atoms with van der Waals surface area (Å²) in [7, 11) is 0. The highest BCUT2D eigenvalue weighted by Gasteiger charge is 2.19. The first-order valence-corrected chi connectivity index (χ1v) is 9.82. The predicted molar refractivity (Wildman–Crippen MR) is 118 cm³/mol. The number of para-hydroxylation sites is 3. The number of carbonyl (C=O) groups excluding carboxylic acids is 1. The Morgan fingerprint density at radius 2 is 1.73 bits per heavy atom. The first-order valence-electron chi connectivity index (χ1n) is 9.82. The lowest BCUT2D eigenvalue weighted by Gasteiger charge is -2.07. The van der Waals surface area contributed by atoms with Gasteiger partial charge in [0.15, 0.2) is 5.78 Å². The summed E-state index contributed by atoms with van der Waals surface area (Å²) in [6.07, 6.45) is 2.72. The minimum Gasteiger partial charge on any atom is -0.457 e. The highest BCUT2D eigenvalue weighted by molar-refractivity contribution is 6.42. The van der Waals surface area contributed by atoms with E-state index in [-0.39, 0.29) is 12.2 Å². The highest BCUT2D eigenvalue weighted by Crippen LogP contribution is 2.28. The van der Waals surface area contributed by atoms with E-state index in [1.54, 1.807) is 0 Å². The number of carbonyl (C=O) groups is 1. The summed E-state index contributed by atoms with van der Waals surface area (Å²) in [5.74, 6) is 2.16. The molecule has 0 amide bonds. The molecule has 30 heavy (non-hydrogen) atoms. The number of benzene rings is 3. The van der Waals surface area contributed by atoms with E-state index in [1.165, 1.54) is 0 Å². The Balaban J connectivity index is 1.30. The van der Waals surface area contributed by atoms with E-state index in [0.717, 1.165) is 33.8 Å². The fourth-order valence-electron chi connectivity index (χ4n) is 3.48. The van der Waals surface area contributed by atoms with Crippen LogP contribution >= 0.6 is 0 Å². The lowest BCUT2D eigenvalue weighted by atomic mass is 10.1. The quantitative estimate of drug-likeness (QED) is 0.480. The van der Waals surface area contributed by atoms with Gasteiger partial charge in [0.2, 0.25) is 0 Å². The Kier molecular flexibility index (Phi) is 4.69. The van der Waals surface area contributed by atoms with Crippen molar-refractivity contribution >= 4 is 28.2 Å². The molecule has 1 aromatic heterocycles. The maximum absolute atomic E-state index is 12.7. The monoisotopic (exact) mass is 393 g/mol. The summed E-state index contributed by atoms with van der Waals surface area (Å²) >= 11 is 0. The molecular weight excluding hydrogens is 374 g/mol. The van der Waals surface area contributed by atoms with Crippen LogP contribution in [-0.2, 0) is 11.2 Å². The standard InChI is InChI=1S/C25H19N3O2/c29-24(16-25-27-21-11-4-5-12-22(21)28-25)23-14-13-20(26-23)17-7-6-10-19(15-17)30-18-8-2-1-3-9-18/h1-13,15H,14,16H2,(H,27,28). The van der Waals surface area contributed by atoms with Crippen LogP contribution in [0.1, 0.15) is 17.8 Å². The summed E-state index contributed by atoms with van der Waals surface area (Å²) in [4.78, 5) is 25.0. The molecule has 3 aromatic carbocycles. The van der Waals surface area contributed by atoms with Crippen LogP contribution in [0.15, 0.2) is 89.9 Å². The smallest absolute Gasteiger partial charge is 0.184 e. The van der Waals surface area contributed by atoms with Crippen molar-refractivity contribution in [1.29, 1.82) is 0 Å². The number of imidazole rings is 1. The van der Waals surface area contributed by atoms with Crippen LogP contribution in [0.5, 0.6) is 11.5 Å². The molecule has 0 radical (unpaired) electrons. The Bertz CT molecular complexity index is 1250. The number of hydrogen-bond acceptors (Lipinski definition) is 4. The third-order valence-electron chi connectivity index (χ3n) is 4.94. The van der Waals surface area contributed by atoms with Gasteiger partial charge in [-0.15, -0.1) is 0 Å². The summed E-state index contributed by atoms with van der Waals surface area (Å²) in [5.41, 5.74) is 4.07. The summed E-state index contributed by atoms with van der Waals surface area (Å²) in [6, 6.07) is 25.1. The SMILES string of the molecule is O=C(Cc1nc2ccccc2[nH]1)C1=NC(c2cccc(Oc3ccccc3)c2)=CC1. The average molecular weight is 393 g/mol. The molecule has 0 aliphatic carbocycles. The normalized spacial score (nSPS) is 13.2. The van der Waals surface area contributed by atoms with E-state index in [0.29, 0.717) is 18.0 Å². The Morgan fingerprint density at radius 1 is 0.933 bits per heavy atom. The van der Waals surface area contributed by atoms with Gasteiger partial charge in [-0.1, -0.05) is 48.5 Å². The van der Waals surface area contributed by atoms with E-state index in [4.69, 9.17) is 4.74 Å². The van der Waals surface area contributed by atoms with E-state index in [9.17, 15) is 4.79 Å². The molecule has 0 saturated heterocycles. The van der Waals surface area contributed by atoms with Gasteiger partial charge >= 0.3 is 0 Å². The Hall–Kier alpha value is -3.99. The first-order chi connectivity index (χ1) is 14.7. The number of nitrogens with zero attached hydrogens (tertiary/aromatic N) is 2. The molecule has 5 heteroatoms. The van der Waals surface area contributed by atoms with Crippen molar-refractivity contribution in [3.05, 3.63) is 96.3 Å². The molecule has 1 aliphatic rings. The molecule has 5 rings (SSSR count). The van der Waals surface area contributed by atoms with Gasteiger partial charge in [-0.25, -0.2) is 9.98 Å². The molecule has 0 bridgehead atoms. The van der Waals surface area contributed by atoms with E-state index >= 15 is 0 Å². The van der Waals surface area contributed by atoms with Crippen LogP contribution in [0.25, 0.3) is 16.7 Å². The van der Waals surface area contributed by atoms with E-state index < -0.39 is 0 Å². The zero-order valence-electron chi connectivity index (χ0n) is 16.2. The number of aromatic nitrogens is 2. The van der Waals surface area contributed by atoms with Gasteiger partial charge in [-0.05, 0) is 36.4 Å². The van der Waals surface area contributed by atoms with Crippen LogP contribution < -0.4 is 4.74 Å². The number of hydrogen-bond donors (Lipinski definition) is 1. The lowest BCUT2D eigenvalue weighted by molar-refractivity contribution is -0.112. The average Bonchev–Trinajstić information content (AvgIpc) is 3.42. The molecule has 1 N–H and O–H groups in total. The van der Waals surface area contributed by atoms with Crippen LogP contribution in [-0.4, -0.2) is 21.5 Å². The third kappa shape index (κ3) is 3.78. The number of H-pyrrole nitrogens is 1. The van der Waals surface area contributed by atoms with E-state index in [2.05, 4.69) is 15.0 Å². The van der Waals surface area contributed by atoms with Gasteiger partial charge in [0.05, 0.1) is 28.9 Å². The maximum atomic E-state index is 12.7. The first kappa shape index (κ1) is 18.1. The fourth-order valence-corrected chi connectivity index (χ4v) is 3.48. The van der Waals surface area contributed by atoms with Gasteiger partial charge < -0.3 is 9.72 Å². The van der Waals surface area contributed by atoms with Crippen molar-refractivity contribution in [1.82, 2.24) is 9.97 Å². The number of ketones is 1. The van der Waals surface area contributed by atoms with Gasteiger partial charge in [0.1, 0.15) is 17.3 Å². The predicted octanol–water partition coefficient (Wildman–Crippen LogP) is 5.35. The number of rotatable bonds is 6. The molecule has 0 unspecified atom stereocenters. The Labute approximate surface area is 173 Å². The van der Waals surface area contributed by atoms with Crippen molar-refractivity contribution in [2.75, 3.05) is 0 Å². The van der Waals surface area contributed by atoms with Gasteiger partial charge in [-0.2, -0.15) is 0 Å². The van der Waals surface area contributed by atoms with Crippen molar-refractivity contribution in [3.8, 4) is 11.5 Å². The third-order valence-corrected chi connectivity index (χ3v) is 4.94. The zero-order valence-corrected chi connectivity index (χ0v) is 16.2. The molecule has 0 spiro atoms. The van der Waals surface area contributed by atoms with Crippen molar-refractivity contribution in [2.45, 2.75) is 12.8 Å². The molecule has 0 fully saturated rings. The summed E-state index contributed by atoms with van der Waals surface area (Å²) in [6.45, 7) is 0.